The van der Waals surface area contributed by atoms with Gasteiger partial charge >= 0.3 is 10.4 Å². The van der Waals surface area contributed by atoms with E-state index >= 15 is 0 Å². The second-order valence-corrected chi connectivity index (χ2v) is 3.58. The fourth-order valence-corrected chi connectivity index (χ4v) is 1.27. The molecule has 0 aliphatic heterocycles. The highest BCUT2D eigenvalue weighted by molar-refractivity contribution is 7.81. The Bertz CT molecular complexity index is 494. The number of primary amides is 1. The molecule has 0 saturated carbocycles. The summed E-state index contributed by atoms with van der Waals surface area (Å²) in [7, 11) is -4.74. The van der Waals surface area contributed by atoms with Crippen LogP contribution in [-0.4, -0.2) is 24.0 Å². The van der Waals surface area contributed by atoms with E-state index in [9.17, 15) is 13.2 Å². The number of phenols is 1. The van der Waals surface area contributed by atoms with Gasteiger partial charge in [0.15, 0.2) is 5.75 Å². The van der Waals surface area contributed by atoms with Crippen molar-refractivity contribution in [2.24, 2.45) is 5.73 Å². The van der Waals surface area contributed by atoms with Crippen LogP contribution in [0.5, 0.6) is 11.5 Å². The van der Waals surface area contributed by atoms with Gasteiger partial charge < -0.3 is 15.0 Å². The van der Waals surface area contributed by atoms with Gasteiger partial charge in [-0.25, -0.2) is 0 Å². The van der Waals surface area contributed by atoms with Crippen molar-refractivity contribution in [3.63, 3.8) is 0 Å². The molecule has 0 bridgehead atoms. The van der Waals surface area contributed by atoms with Gasteiger partial charge in [-0.05, 0) is 18.2 Å². The predicted molar refractivity (Wildman–Crippen MR) is 48.8 cm³/mol. The van der Waals surface area contributed by atoms with E-state index in [1.165, 1.54) is 0 Å². The smallest absolute Gasteiger partial charge is 0.446 e. The Hall–Kier alpha value is -1.80. The van der Waals surface area contributed by atoms with Crippen molar-refractivity contribution in [1.29, 1.82) is 0 Å². The second-order valence-electron chi connectivity index (χ2n) is 2.56. The van der Waals surface area contributed by atoms with Crippen LogP contribution in [0.1, 0.15) is 10.4 Å². The van der Waals surface area contributed by atoms with Gasteiger partial charge in [-0.15, -0.1) is 0 Å². The number of benzene rings is 1. The van der Waals surface area contributed by atoms with Crippen molar-refractivity contribution in [2.45, 2.75) is 0 Å². The highest BCUT2D eigenvalue weighted by atomic mass is 32.3. The minimum absolute atomic E-state index is 0.286. The first-order valence-corrected chi connectivity index (χ1v) is 4.96. The molecule has 1 aromatic carbocycles. The maximum Gasteiger partial charge on any atom is 0.446 e. The molecule has 0 aliphatic rings. The van der Waals surface area contributed by atoms with Gasteiger partial charge in [-0.1, -0.05) is 0 Å². The van der Waals surface area contributed by atoms with E-state index < -0.39 is 22.1 Å². The van der Waals surface area contributed by atoms with E-state index in [1.54, 1.807) is 0 Å². The van der Waals surface area contributed by atoms with Gasteiger partial charge in [0, 0.05) is 0 Å². The Balaban J connectivity index is 3.24. The van der Waals surface area contributed by atoms with Crippen molar-refractivity contribution in [3.05, 3.63) is 23.8 Å². The molecule has 0 aromatic heterocycles. The zero-order valence-corrected chi connectivity index (χ0v) is 8.06. The third-order valence-electron chi connectivity index (χ3n) is 1.42. The van der Waals surface area contributed by atoms with Crippen molar-refractivity contribution in [3.8, 4) is 11.5 Å². The maximum absolute atomic E-state index is 10.8. The lowest BCUT2D eigenvalue weighted by Crippen LogP contribution is -2.15. The van der Waals surface area contributed by atoms with Gasteiger partial charge in [0.05, 0.1) is 5.56 Å². The summed E-state index contributed by atoms with van der Waals surface area (Å²) in [6, 6.07) is 2.99. The summed E-state index contributed by atoms with van der Waals surface area (Å²) in [5.74, 6) is -1.74. The summed E-state index contributed by atoms with van der Waals surface area (Å²) < 4.78 is 33.2. The van der Waals surface area contributed by atoms with Gasteiger partial charge in [0.1, 0.15) is 5.75 Å². The van der Waals surface area contributed by atoms with Crippen LogP contribution < -0.4 is 9.92 Å². The summed E-state index contributed by atoms with van der Waals surface area (Å²) >= 11 is 0. The third kappa shape index (κ3) is 3.11. The molecule has 0 spiro atoms. The SMILES string of the molecule is NC(=O)c1cc(O)ccc1OS(=O)(=O)O. The average Bonchev–Trinajstić information content (AvgIpc) is 2.05. The molecule has 15 heavy (non-hydrogen) atoms. The van der Waals surface area contributed by atoms with Gasteiger partial charge in [0.25, 0.3) is 5.91 Å². The Labute approximate surface area is 85.0 Å². The zero-order chi connectivity index (χ0) is 11.6. The number of phenolic OH excluding ortho intramolecular Hbond substituents is 1. The van der Waals surface area contributed by atoms with Crippen LogP contribution in [0.4, 0.5) is 0 Å². The number of aromatic hydroxyl groups is 1. The molecule has 1 aromatic rings. The number of nitrogens with two attached hydrogens (primary N) is 1. The van der Waals surface area contributed by atoms with Crippen LogP contribution in [0.25, 0.3) is 0 Å². The van der Waals surface area contributed by atoms with Crippen LogP contribution in [0.3, 0.4) is 0 Å². The highest BCUT2D eigenvalue weighted by Crippen LogP contribution is 2.23. The lowest BCUT2D eigenvalue weighted by Gasteiger charge is -2.05. The largest absolute Gasteiger partial charge is 0.508 e. The van der Waals surface area contributed by atoms with E-state index in [0.717, 1.165) is 18.2 Å². The standard InChI is InChI=1S/C7H7NO6S/c8-7(10)5-3-4(9)1-2-6(5)14-15(11,12)13/h1-3,9H,(H2,8,10)(H,11,12,13). The summed E-state index contributed by atoms with van der Waals surface area (Å²) in [5.41, 5.74) is 4.54. The number of hydrogen-bond donors (Lipinski definition) is 3. The highest BCUT2D eigenvalue weighted by Gasteiger charge is 2.15. The monoisotopic (exact) mass is 233 g/mol. The number of hydrogen-bond acceptors (Lipinski definition) is 5. The minimum Gasteiger partial charge on any atom is -0.508 e. The van der Waals surface area contributed by atoms with E-state index in [2.05, 4.69) is 4.18 Å². The van der Waals surface area contributed by atoms with Crippen LogP contribution >= 0.6 is 0 Å². The van der Waals surface area contributed by atoms with Crippen molar-refractivity contribution < 1.29 is 27.1 Å². The fourth-order valence-electron chi connectivity index (χ4n) is 0.897. The first-order chi connectivity index (χ1) is 6.79. The number of carbonyl (C=O) groups excluding carboxylic acids is 1. The van der Waals surface area contributed by atoms with E-state index in [0.29, 0.717) is 0 Å². The molecule has 0 atom stereocenters. The molecule has 8 heteroatoms. The van der Waals surface area contributed by atoms with Crippen LogP contribution in [0.15, 0.2) is 18.2 Å². The normalized spacial score (nSPS) is 11.0. The van der Waals surface area contributed by atoms with E-state index in [-0.39, 0.29) is 11.3 Å². The van der Waals surface area contributed by atoms with Crippen molar-refractivity contribution >= 4 is 16.3 Å². The summed E-state index contributed by atoms with van der Waals surface area (Å²) in [6.07, 6.45) is 0. The molecule has 0 fully saturated rings. The topological polar surface area (TPSA) is 127 Å². The molecule has 0 radical (unpaired) electrons. The molecule has 82 valence electrons. The molecule has 0 saturated heterocycles. The first-order valence-electron chi connectivity index (χ1n) is 3.59. The summed E-state index contributed by atoms with van der Waals surface area (Å²) in [6.45, 7) is 0. The molecule has 1 amide bonds. The Morgan fingerprint density at radius 3 is 2.47 bits per heavy atom. The molecular formula is C7H7NO6S. The lowest BCUT2D eigenvalue weighted by atomic mass is 10.2. The second kappa shape index (κ2) is 3.75. The number of amides is 1. The summed E-state index contributed by atoms with van der Waals surface area (Å²) in [5, 5.41) is 9.01. The number of rotatable bonds is 3. The Morgan fingerprint density at radius 1 is 1.40 bits per heavy atom. The molecule has 1 rings (SSSR count). The van der Waals surface area contributed by atoms with Crippen LogP contribution in [-0.2, 0) is 10.4 Å². The first kappa shape index (κ1) is 11.3. The van der Waals surface area contributed by atoms with Crippen LogP contribution in [0, 0.1) is 0 Å². The van der Waals surface area contributed by atoms with Gasteiger partial charge in [-0.2, -0.15) is 8.42 Å². The summed E-state index contributed by atoms with van der Waals surface area (Å²) in [4.78, 5) is 10.8. The molecule has 4 N–H and O–H groups in total. The Morgan fingerprint density at radius 2 is 2.00 bits per heavy atom. The maximum atomic E-state index is 10.8. The number of carbonyl (C=O) groups is 1. The Kier molecular flexibility index (Phi) is 2.82. The van der Waals surface area contributed by atoms with Gasteiger partial charge in [0.2, 0.25) is 0 Å². The quantitative estimate of drug-likeness (QED) is 0.613. The zero-order valence-electron chi connectivity index (χ0n) is 7.25. The average molecular weight is 233 g/mol. The molecule has 0 heterocycles. The molecule has 0 aliphatic carbocycles. The van der Waals surface area contributed by atoms with E-state index in [4.69, 9.17) is 15.4 Å². The molecular weight excluding hydrogens is 226 g/mol. The lowest BCUT2D eigenvalue weighted by molar-refractivity contribution is 0.0998. The predicted octanol–water partition coefficient (Wildman–Crippen LogP) is -0.327. The van der Waals surface area contributed by atoms with Crippen molar-refractivity contribution in [2.75, 3.05) is 0 Å². The molecule has 7 nitrogen and oxygen atoms in total. The third-order valence-corrected chi connectivity index (χ3v) is 1.81. The van der Waals surface area contributed by atoms with Gasteiger partial charge in [-0.3, -0.25) is 9.35 Å². The van der Waals surface area contributed by atoms with E-state index in [1.807, 2.05) is 0 Å². The van der Waals surface area contributed by atoms with Crippen molar-refractivity contribution in [1.82, 2.24) is 0 Å². The fraction of sp³-hybridized carbons (Fsp3) is 0. The minimum atomic E-state index is -4.74. The van der Waals surface area contributed by atoms with Crippen LogP contribution in [0.2, 0.25) is 0 Å². The molecule has 0 unspecified atom stereocenters.